The highest BCUT2D eigenvalue weighted by Gasteiger charge is 2.20. The third-order valence-electron chi connectivity index (χ3n) is 4.37. The number of hydrogen-bond donors (Lipinski definition) is 1. The molecule has 0 radical (unpaired) electrons. The van der Waals surface area contributed by atoms with Gasteiger partial charge in [-0.3, -0.25) is 9.59 Å². The van der Waals surface area contributed by atoms with Gasteiger partial charge in [0.25, 0.3) is 5.91 Å². The molecule has 6 heteroatoms. The molecule has 1 unspecified atom stereocenters. The molecule has 0 aliphatic heterocycles. The molecule has 0 aliphatic rings. The predicted molar refractivity (Wildman–Crippen MR) is 109 cm³/mol. The number of carbonyl (C=O) groups excluding carboxylic acids is 1. The standard InChI is InChI=1S/C23H28FNO4/c1-17(2)25(23(28)18-11-13-20(24)14-12-18)16-19-8-5-6-9-21(19)29-15-7-3-4-10-22(26)27/h5-6,8-9,11-14,17H,3-4,7,10,15-16H2,1-2H3,(H,26,27)/i16D. The molecule has 0 aliphatic carbocycles. The van der Waals surface area contributed by atoms with Gasteiger partial charge in [-0.2, -0.15) is 0 Å². The molecule has 0 saturated carbocycles. The summed E-state index contributed by atoms with van der Waals surface area (Å²) < 4.78 is 27.8. The van der Waals surface area contributed by atoms with E-state index in [4.69, 9.17) is 11.2 Å². The zero-order chi connectivity index (χ0) is 22.1. The second-order valence-corrected chi connectivity index (χ2v) is 7.03. The van der Waals surface area contributed by atoms with E-state index in [1.54, 1.807) is 24.3 Å². The van der Waals surface area contributed by atoms with Crippen LogP contribution < -0.4 is 4.74 Å². The number of aliphatic carboxylic acids is 1. The Bertz CT molecular complexity index is 841. The number of halogens is 1. The third-order valence-corrected chi connectivity index (χ3v) is 4.37. The van der Waals surface area contributed by atoms with Crippen molar-refractivity contribution in [2.45, 2.75) is 52.1 Å². The maximum atomic E-state index is 13.2. The van der Waals surface area contributed by atoms with E-state index in [2.05, 4.69) is 0 Å². The lowest BCUT2D eigenvalue weighted by Crippen LogP contribution is -2.36. The summed E-state index contributed by atoms with van der Waals surface area (Å²) in [6, 6.07) is 12.1. The number of hydrogen-bond acceptors (Lipinski definition) is 3. The molecule has 0 bridgehead atoms. The van der Waals surface area contributed by atoms with Gasteiger partial charge in [-0.15, -0.1) is 0 Å². The molecule has 2 aromatic rings. The Morgan fingerprint density at radius 3 is 2.45 bits per heavy atom. The Labute approximate surface area is 172 Å². The number of benzene rings is 2. The molecule has 5 nitrogen and oxygen atoms in total. The van der Waals surface area contributed by atoms with Crippen molar-refractivity contribution in [3.63, 3.8) is 0 Å². The summed E-state index contributed by atoms with van der Waals surface area (Å²) in [6.45, 7) is 3.06. The second-order valence-electron chi connectivity index (χ2n) is 7.03. The summed E-state index contributed by atoms with van der Waals surface area (Å²) in [4.78, 5) is 25.0. The molecular formula is C23H28FNO4. The van der Waals surface area contributed by atoms with Crippen LogP contribution in [0.4, 0.5) is 4.39 Å². The fourth-order valence-corrected chi connectivity index (χ4v) is 2.79. The second kappa shape index (κ2) is 11.2. The molecule has 0 spiro atoms. The van der Waals surface area contributed by atoms with Crippen molar-refractivity contribution in [1.29, 1.82) is 0 Å². The number of rotatable bonds is 11. The minimum atomic E-state index is -0.995. The Morgan fingerprint density at radius 2 is 1.79 bits per heavy atom. The maximum Gasteiger partial charge on any atom is 0.303 e. The fourth-order valence-electron chi connectivity index (χ4n) is 2.79. The Kier molecular flexibility index (Phi) is 8.04. The van der Waals surface area contributed by atoms with E-state index in [9.17, 15) is 14.0 Å². The molecule has 1 N–H and O–H groups in total. The third kappa shape index (κ3) is 7.22. The van der Waals surface area contributed by atoms with Gasteiger partial charge in [0, 0.05) is 30.1 Å². The molecular weight excluding hydrogens is 373 g/mol. The first-order valence-electron chi connectivity index (χ1n) is 10.3. The van der Waals surface area contributed by atoms with Crippen molar-refractivity contribution >= 4 is 11.9 Å². The number of unbranched alkanes of at least 4 members (excludes halogenated alkanes) is 2. The van der Waals surface area contributed by atoms with Crippen molar-refractivity contribution in [3.05, 3.63) is 65.5 Å². The highest BCUT2D eigenvalue weighted by molar-refractivity contribution is 5.94. The normalized spacial score (nSPS) is 12.3. The van der Waals surface area contributed by atoms with Crippen LogP contribution in [0.1, 0.15) is 56.8 Å². The predicted octanol–water partition coefficient (Wildman–Crippen LogP) is 4.90. The van der Waals surface area contributed by atoms with Crippen LogP contribution in [0.25, 0.3) is 0 Å². The van der Waals surface area contributed by atoms with E-state index >= 15 is 0 Å². The molecule has 2 aromatic carbocycles. The van der Waals surface area contributed by atoms with E-state index < -0.39 is 18.3 Å². The van der Waals surface area contributed by atoms with Crippen LogP contribution >= 0.6 is 0 Å². The largest absolute Gasteiger partial charge is 0.493 e. The molecule has 0 heterocycles. The van der Waals surface area contributed by atoms with E-state index in [-0.39, 0.29) is 18.4 Å². The average Bonchev–Trinajstić information content (AvgIpc) is 2.71. The molecule has 0 aromatic heterocycles. The lowest BCUT2D eigenvalue weighted by molar-refractivity contribution is -0.137. The van der Waals surface area contributed by atoms with E-state index in [1.165, 1.54) is 29.2 Å². The summed E-state index contributed by atoms with van der Waals surface area (Å²) in [7, 11) is 0. The van der Waals surface area contributed by atoms with Crippen LogP contribution in [0, 0.1) is 5.82 Å². The minimum absolute atomic E-state index is 0.139. The maximum absolute atomic E-state index is 13.2. The van der Waals surface area contributed by atoms with Gasteiger partial charge < -0.3 is 14.7 Å². The van der Waals surface area contributed by atoms with Crippen LogP contribution in [0.15, 0.2) is 48.5 Å². The van der Waals surface area contributed by atoms with Crippen molar-refractivity contribution < 1.29 is 25.2 Å². The van der Waals surface area contributed by atoms with Crippen LogP contribution in [0.2, 0.25) is 0 Å². The highest BCUT2D eigenvalue weighted by atomic mass is 19.1. The van der Waals surface area contributed by atoms with Gasteiger partial charge in [0.05, 0.1) is 7.98 Å². The van der Waals surface area contributed by atoms with Gasteiger partial charge in [0.2, 0.25) is 0 Å². The summed E-state index contributed by atoms with van der Waals surface area (Å²) in [5.74, 6) is -1.06. The first kappa shape index (κ1) is 20.8. The number of amides is 1. The Morgan fingerprint density at radius 1 is 1.10 bits per heavy atom. The van der Waals surface area contributed by atoms with Crippen molar-refractivity contribution in [2.75, 3.05) is 6.61 Å². The van der Waals surface area contributed by atoms with Crippen molar-refractivity contribution in [1.82, 2.24) is 4.90 Å². The van der Waals surface area contributed by atoms with Gasteiger partial charge in [-0.25, -0.2) is 4.39 Å². The van der Waals surface area contributed by atoms with Crippen LogP contribution in [0.5, 0.6) is 5.75 Å². The number of nitrogens with zero attached hydrogens (tertiary/aromatic N) is 1. The number of para-hydroxylation sites is 1. The topological polar surface area (TPSA) is 66.8 Å². The van der Waals surface area contributed by atoms with Gasteiger partial charge in [-0.1, -0.05) is 18.2 Å². The zero-order valence-electron chi connectivity index (χ0n) is 17.8. The first-order valence-corrected chi connectivity index (χ1v) is 9.75. The van der Waals surface area contributed by atoms with Crippen molar-refractivity contribution in [3.8, 4) is 5.75 Å². The average molecular weight is 402 g/mol. The van der Waals surface area contributed by atoms with Gasteiger partial charge in [0.1, 0.15) is 11.6 Å². The number of carboxylic acids is 1. The zero-order valence-corrected chi connectivity index (χ0v) is 16.8. The van der Waals surface area contributed by atoms with Crippen molar-refractivity contribution in [2.24, 2.45) is 0 Å². The fraction of sp³-hybridized carbons (Fsp3) is 0.391. The molecule has 156 valence electrons. The summed E-state index contributed by atoms with van der Waals surface area (Å²) in [5, 5.41) is 8.68. The number of carboxylic acid groups (broad SMARTS) is 1. The Hall–Kier alpha value is -2.89. The number of carbonyl (C=O) groups is 2. The summed E-state index contributed by atoms with van der Waals surface area (Å²) in [5.41, 5.74) is 0.881. The quantitative estimate of drug-likeness (QED) is 0.543. The van der Waals surface area contributed by atoms with Gasteiger partial charge in [-0.05, 0) is 63.4 Å². The van der Waals surface area contributed by atoms with E-state index in [1.807, 2.05) is 13.8 Å². The summed E-state index contributed by atoms with van der Waals surface area (Å²) in [6.07, 6.45) is 2.17. The lowest BCUT2D eigenvalue weighted by Gasteiger charge is -2.28. The minimum Gasteiger partial charge on any atom is -0.493 e. The van der Waals surface area contributed by atoms with Crippen LogP contribution in [-0.4, -0.2) is 34.5 Å². The Balaban J connectivity index is 2.11. The van der Waals surface area contributed by atoms with Gasteiger partial charge in [0.15, 0.2) is 0 Å². The SMILES string of the molecule is [2H]C(c1ccccc1OCCCCCC(=O)O)N(C(=O)c1ccc(F)cc1)C(C)C. The van der Waals surface area contributed by atoms with E-state index in [0.29, 0.717) is 36.3 Å². The highest BCUT2D eigenvalue weighted by Crippen LogP contribution is 2.23. The molecule has 29 heavy (non-hydrogen) atoms. The summed E-state index contributed by atoms with van der Waals surface area (Å²) >= 11 is 0. The number of ether oxygens (including phenoxy) is 1. The van der Waals surface area contributed by atoms with Gasteiger partial charge >= 0.3 is 5.97 Å². The molecule has 1 amide bonds. The molecule has 2 rings (SSSR count). The van der Waals surface area contributed by atoms with Crippen LogP contribution in [-0.2, 0) is 11.3 Å². The van der Waals surface area contributed by atoms with Crippen LogP contribution in [0.3, 0.4) is 0 Å². The molecule has 0 saturated heterocycles. The van der Waals surface area contributed by atoms with E-state index in [0.717, 1.165) is 6.42 Å². The molecule has 0 fully saturated rings. The molecule has 1 atom stereocenters. The lowest BCUT2D eigenvalue weighted by atomic mass is 10.1. The smallest absolute Gasteiger partial charge is 0.303 e. The monoisotopic (exact) mass is 402 g/mol. The first-order chi connectivity index (χ1) is 14.3.